The molecule has 224 valence electrons. The molecule has 10 nitrogen and oxygen atoms in total. The topological polar surface area (TPSA) is 147 Å². The van der Waals surface area contributed by atoms with Crippen LogP contribution in [0.3, 0.4) is 0 Å². The van der Waals surface area contributed by atoms with Crippen molar-refractivity contribution < 1.29 is 29.3 Å². The van der Waals surface area contributed by atoms with Gasteiger partial charge in [-0.05, 0) is 34.2 Å². The number of carboxylic acid groups (broad SMARTS) is 1. The van der Waals surface area contributed by atoms with Gasteiger partial charge in [-0.15, -0.1) is 0 Å². The molecular weight excluding hydrogens is 568 g/mol. The average Bonchev–Trinajstić information content (AvgIpc) is 3.57. The van der Waals surface area contributed by atoms with E-state index in [4.69, 9.17) is 14.6 Å². The number of nitrogens with zero attached hydrogens (tertiary/aromatic N) is 2. The maximum atomic E-state index is 12.2. The summed E-state index contributed by atoms with van der Waals surface area (Å²) in [6.45, 7) is 0.336. The van der Waals surface area contributed by atoms with Crippen LogP contribution in [0.1, 0.15) is 60.3 Å². The molecule has 5 rings (SSSR count). The predicted molar refractivity (Wildman–Crippen MR) is 161 cm³/mol. The highest BCUT2D eigenvalue weighted by Gasteiger charge is 2.32. The Morgan fingerprint density at radius 3 is 2.47 bits per heavy atom. The quantitative estimate of drug-likeness (QED) is 0.152. The van der Waals surface area contributed by atoms with E-state index in [1.54, 1.807) is 11.8 Å². The number of ether oxygens (including phenoxy) is 2. The lowest BCUT2D eigenvalue weighted by atomic mass is 9.97. The van der Waals surface area contributed by atoms with Gasteiger partial charge in [-0.1, -0.05) is 84.6 Å². The Morgan fingerprint density at radius 2 is 1.74 bits per heavy atom. The van der Waals surface area contributed by atoms with E-state index >= 15 is 0 Å². The first-order valence-electron chi connectivity index (χ1n) is 14.1. The lowest BCUT2D eigenvalue weighted by molar-refractivity contribution is -0.245. The number of aromatic nitrogens is 3. The summed E-state index contributed by atoms with van der Waals surface area (Å²) in [4.78, 5) is 27.1. The van der Waals surface area contributed by atoms with E-state index in [2.05, 4.69) is 20.5 Å². The number of thioether (sulfide) groups is 1. The molecule has 1 saturated heterocycles. The molecule has 1 aromatic heterocycles. The summed E-state index contributed by atoms with van der Waals surface area (Å²) in [6.07, 6.45) is 1.75. The number of rotatable bonds is 13. The van der Waals surface area contributed by atoms with Gasteiger partial charge in [0.05, 0.1) is 18.8 Å². The van der Waals surface area contributed by atoms with Crippen LogP contribution in [0.2, 0.25) is 0 Å². The summed E-state index contributed by atoms with van der Waals surface area (Å²) in [7, 11) is 0. The third-order valence-electron chi connectivity index (χ3n) is 7.20. The van der Waals surface area contributed by atoms with Crippen LogP contribution in [0.25, 0.3) is 11.1 Å². The van der Waals surface area contributed by atoms with Crippen molar-refractivity contribution in [1.82, 2.24) is 20.5 Å². The fraction of sp³-hybridized carbons (Fsp3) is 0.312. The van der Waals surface area contributed by atoms with Gasteiger partial charge in [-0.2, -0.15) is 5.10 Å². The molecule has 0 bridgehead atoms. The zero-order valence-corrected chi connectivity index (χ0v) is 24.3. The largest absolute Gasteiger partial charge is 0.481 e. The smallest absolute Gasteiger partial charge is 0.303 e. The number of amides is 1. The van der Waals surface area contributed by atoms with Crippen LogP contribution >= 0.6 is 11.8 Å². The number of carboxylic acids is 1. The standard InChI is InChI=1S/C32H34N4O6S/c37-18-21-8-10-23(11-9-21)28-16-26(19-43-32-34-20-35-36-32)41-31(42-28)24-14-12-22(13-15-24)27-5-2-1-4-25(27)17-33-29(38)6-3-7-30(39)40/h1-2,4-5,8-15,20,26,28,31,37H,3,6-7,16-19H2,(H,33,38)(H,39,40)(H,34,35,36)/t26-,28+,31+/m1/s1. The number of aromatic amines is 1. The Morgan fingerprint density at radius 1 is 0.977 bits per heavy atom. The third kappa shape index (κ3) is 8.51. The number of aliphatic carboxylic acids is 1. The minimum absolute atomic E-state index is 0.0113. The van der Waals surface area contributed by atoms with Crippen molar-refractivity contribution in [3.05, 3.63) is 101 Å². The Hall–Kier alpha value is -4.03. The lowest BCUT2D eigenvalue weighted by Crippen LogP contribution is -2.31. The van der Waals surface area contributed by atoms with E-state index in [0.29, 0.717) is 25.1 Å². The fourth-order valence-corrected chi connectivity index (χ4v) is 5.71. The molecule has 4 aromatic rings. The highest BCUT2D eigenvalue weighted by Crippen LogP contribution is 2.39. The second kappa shape index (κ2) is 14.9. The van der Waals surface area contributed by atoms with Crippen molar-refractivity contribution in [3.8, 4) is 11.1 Å². The molecule has 1 aliphatic heterocycles. The number of hydrogen-bond acceptors (Lipinski definition) is 8. The van der Waals surface area contributed by atoms with E-state index in [9.17, 15) is 14.7 Å². The number of aliphatic hydroxyl groups excluding tert-OH is 1. The maximum absolute atomic E-state index is 12.2. The van der Waals surface area contributed by atoms with Gasteiger partial charge in [0.25, 0.3) is 0 Å². The monoisotopic (exact) mass is 602 g/mol. The molecule has 0 aliphatic carbocycles. The van der Waals surface area contributed by atoms with Gasteiger partial charge in [-0.25, -0.2) is 4.98 Å². The van der Waals surface area contributed by atoms with Crippen LogP contribution in [0.15, 0.2) is 84.3 Å². The molecule has 4 N–H and O–H groups in total. The Bertz CT molecular complexity index is 1480. The van der Waals surface area contributed by atoms with Crippen molar-refractivity contribution in [1.29, 1.82) is 0 Å². The van der Waals surface area contributed by atoms with Gasteiger partial charge in [0.2, 0.25) is 5.91 Å². The molecule has 0 unspecified atom stereocenters. The first-order chi connectivity index (χ1) is 21.0. The van der Waals surface area contributed by atoms with Crippen molar-refractivity contribution in [2.24, 2.45) is 0 Å². The number of benzene rings is 3. The molecule has 3 atom stereocenters. The zero-order chi connectivity index (χ0) is 30.0. The molecule has 0 spiro atoms. The first kappa shape index (κ1) is 30.4. The average molecular weight is 603 g/mol. The number of nitrogens with one attached hydrogen (secondary N) is 2. The SMILES string of the molecule is O=C(O)CCCC(=O)NCc1ccccc1-c1ccc([C@H]2O[C@@H](CSc3ncn[nH]3)C[C@@H](c3ccc(CO)cc3)O2)cc1. The Balaban J connectivity index is 1.29. The van der Waals surface area contributed by atoms with E-state index in [0.717, 1.165) is 38.5 Å². The zero-order valence-electron chi connectivity index (χ0n) is 23.5. The van der Waals surface area contributed by atoms with E-state index in [1.165, 1.54) is 6.33 Å². The molecular formula is C32H34N4O6S. The van der Waals surface area contributed by atoms with Gasteiger partial charge >= 0.3 is 5.97 Å². The molecule has 0 radical (unpaired) electrons. The van der Waals surface area contributed by atoms with Crippen molar-refractivity contribution >= 4 is 23.6 Å². The molecule has 43 heavy (non-hydrogen) atoms. The third-order valence-corrected chi connectivity index (χ3v) is 8.20. The van der Waals surface area contributed by atoms with Crippen molar-refractivity contribution in [2.45, 2.75) is 62.5 Å². The normalized spacial score (nSPS) is 18.3. The minimum atomic E-state index is -0.904. The van der Waals surface area contributed by atoms with E-state index in [1.807, 2.05) is 72.8 Å². The van der Waals surface area contributed by atoms with Crippen LogP contribution in [0.5, 0.6) is 0 Å². The maximum Gasteiger partial charge on any atom is 0.303 e. The minimum Gasteiger partial charge on any atom is -0.481 e. The number of hydrogen-bond donors (Lipinski definition) is 4. The van der Waals surface area contributed by atoms with Crippen molar-refractivity contribution in [3.63, 3.8) is 0 Å². The second-order valence-corrected chi connectivity index (χ2v) is 11.3. The summed E-state index contributed by atoms with van der Waals surface area (Å²) in [5.74, 6) is -0.401. The first-order valence-corrected chi connectivity index (χ1v) is 15.1. The molecule has 1 amide bonds. The fourth-order valence-electron chi connectivity index (χ4n) is 4.92. The number of aliphatic hydroxyl groups is 1. The highest BCUT2D eigenvalue weighted by atomic mass is 32.2. The van der Waals surface area contributed by atoms with Crippen LogP contribution < -0.4 is 5.32 Å². The van der Waals surface area contributed by atoms with Gasteiger partial charge in [0.15, 0.2) is 11.4 Å². The molecule has 3 aromatic carbocycles. The molecule has 0 saturated carbocycles. The summed E-state index contributed by atoms with van der Waals surface area (Å²) in [5.41, 5.74) is 5.70. The van der Waals surface area contributed by atoms with Crippen LogP contribution in [0, 0.1) is 0 Å². The van der Waals surface area contributed by atoms with Gasteiger partial charge in [0.1, 0.15) is 6.33 Å². The van der Waals surface area contributed by atoms with E-state index < -0.39 is 12.3 Å². The summed E-state index contributed by atoms with van der Waals surface area (Å²) in [5, 5.41) is 28.7. The molecule has 11 heteroatoms. The number of carbonyl (C=O) groups is 2. The van der Waals surface area contributed by atoms with Crippen LogP contribution in [-0.2, 0) is 32.2 Å². The van der Waals surface area contributed by atoms with Crippen LogP contribution in [0.4, 0.5) is 0 Å². The van der Waals surface area contributed by atoms with Crippen molar-refractivity contribution in [2.75, 3.05) is 5.75 Å². The second-order valence-electron chi connectivity index (χ2n) is 10.3. The predicted octanol–water partition coefficient (Wildman–Crippen LogP) is 5.17. The van der Waals surface area contributed by atoms with E-state index in [-0.39, 0.29) is 37.6 Å². The van der Waals surface area contributed by atoms with Gasteiger partial charge in [-0.3, -0.25) is 14.7 Å². The Labute approximate surface area is 253 Å². The number of carbonyl (C=O) groups excluding carboxylic acids is 1. The Kier molecular flexibility index (Phi) is 10.6. The summed E-state index contributed by atoms with van der Waals surface area (Å²) >= 11 is 1.55. The molecule has 1 fully saturated rings. The molecule has 2 heterocycles. The summed E-state index contributed by atoms with van der Waals surface area (Å²) in [6, 6.07) is 23.7. The lowest BCUT2D eigenvalue weighted by Gasteiger charge is -2.36. The number of H-pyrrole nitrogens is 1. The highest BCUT2D eigenvalue weighted by molar-refractivity contribution is 7.99. The molecule has 1 aliphatic rings. The van der Waals surface area contributed by atoms with Gasteiger partial charge < -0.3 is 25.0 Å². The van der Waals surface area contributed by atoms with Crippen LogP contribution in [-0.4, -0.2) is 49.1 Å². The summed E-state index contributed by atoms with van der Waals surface area (Å²) < 4.78 is 12.9. The van der Waals surface area contributed by atoms with Gasteiger partial charge in [0, 0.05) is 37.1 Å².